The highest BCUT2D eigenvalue weighted by Gasteiger charge is 2.31. The maximum absolute atomic E-state index is 12.9. The number of halogens is 2. The number of aromatic nitrogens is 3. The Balaban J connectivity index is 0.00000256. The molecule has 0 unspecified atom stereocenters. The summed E-state index contributed by atoms with van der Waals surface area (Å²) in [6.45, 7) is 5.88. The van der Waals surface area contributed by atoms with Crippen molar-refractivity contribution in [2.75, 3.05) is 7.05 Å². The van der Waals surface area contributed by atoms with Gasteiger partial charge in [-0.25, -0.2) is 4.79 Å². The van der Waals surface area contributed by atoms with Crippen LogP contribution in [-0.4, -0.2) is 38.3 Å². The van der Waals surface area contributed by atoms with E-state index in [-0.39, 0.29) is 17.9 Å². The van der Waals surface area contributed by atoms with E-state index < -0.39 is 6.09 Å². The molecule has 0 atom stereocenters. The second-order valence-corrected chi connectivity index (χ2v) is 8.58. The summed E-state index contributed by atoms with van der Waals surface area (Å²) < 4.78 is 7.63. The predicted octanol–water partition coefficient (Wildman–Crippen LogP) is 5.34. The van der Waals surface area contributed by atoms with Crippen molar-refractivity contribution in [2.24, 2.45) is 0 Å². The van der Waals surface area contributed by atoms with Crippen LogP contribution >= 0.6 is 24.0 Å². The van der Waals surface area contributed by atoms with E-state index in [9.17, 15) is 4.79 Å². The molecular formula is C22H24Cl2N4O2. The van der Waals surface area contributed by atoms with Gasteiger partial charge in [-0.2, -0.15) is 9.78 Å². The number of hydrogen-bond acceptors (Lipinski definition) is 4. The van der Waals surface area contributed by atoms with Crippen LogP contribution in [0.25, 0.3) is 16.8 Å². The molecular weight excluding hydrogens is 423 g/mol. The number of aryl methyl sites for hydroxylation is 2. The molecule has 0 saturated carbocycles. The van der Waals surface area contributed by atoms with Gasteiger partial charge in [-0.05, 0) is 69.0 Å². The standard InChI is InChI=1S/C22H23ClN4O2.ClH/c1-22(2,3)26(4)21(28)29-20-19-17-7-6-15(23)13-14(17)5-8-18(19)25-27(20)16-9-11-24-12-10-16;/h6-7,9-13H,5,8H2,1-4H3;1H. The van der Waals surface area contributed by atoms with E-state index in [1.54, 1.807) is 29.0 Å². The average molecular weight is 447 g/mol. The number of rotatable bonds is 2. The molecule has 0 fully saturated rings. The first-order valence-corrected chi connectivity index (χ1v) is 9.90. The number of pyridine rings is 1. The van der Waals surface area contributed by atoms with Crippen molar-refractivity contribution in [2.45, 2.75) is 39.2 Å². The maximum Gasteiger partial charge on any atom is 0.416 e. The highest BCUT2D eigenvalue weighted by Crippen LogP contribution is 2.42. The molecule has 1 amide bonds. The van der Waals surface area contributed by atoms with Gasteiger partial charge in [-0.1, -0.05) is 17.7 Å². The van der Waals surface area contributed by atoms with Crippen LogP contribution in [0.3, 0.4) is 0 Å². The van der Waals surface area contributed by atoms with Gasteiger partial charge in [0, 0.05) is 30.0 Å². The van der Waals surface area contributed by atoms with E-state index in [1.807, 2.05) is 51.1 Å². The Morgan fingerprint density at radius 1 is 1.17 bits per heavy atom. The molecule has 4 rings (SSSR count). The Morgan fingerprint density at radius 2 is 1.87 bits per heavy atom. The highest BCUT2D eigenvalue weighted by atomic mass is 35.5. The lowest BCUT2D eigenvalue weighted by Crippen LogP contribution is -2.44. The Morgan fingerprint density at radius 3 is 2.53 bits per heavy atom. The van der Waals surface area contributed by atoms with Crippen LogP contribution in [0.15, 0.2) is 42.7 Å². The van der Waals surface area contributed by atoms with Crippen molar-refractivity contribution in [3.8, 4) is 22.7 Å². The first kappa shape index (κ1) is 22.1. The summed E-state index contributed by atoms with van der Waals surface area (Å²) in [6.07, 6.45) is 4.54. The van der Waals surface area contributed by atoms with Crippen LogP contribution in [-0.2, 0) is 12.8 Å². The lowest BCUT2D eigenvalue weighted by molar-refractivity contribution is 0.122. The van der Waals surface area contributed by atoms with Gasteiger partial charge in [-0.15, -0.1) is 12.4 Å². The summed E-state index contributed by atoms with van der Waals surface area (Å²) in [6, 6.07) is 9.47. The van der Waals surface area contributed by atoms with Crippen molar-refractivity contribution in [1.82, 2.24) is 19.7 Å². The number of benzene rings is 1. The molecule has 3 aromatic rings. The van der Waals surface area contributed by atoms with Gasteiger partial charge in [0.05, 0.1) is 16.9 Å². The van der Waals surface area contributed by atoms with E-state index in [0.29, 0.717) is 10.9 Å². The number of hydrogen-bond donors (Lipinski definition) is 0. The van der Waals surface area contributed by atoms with E-state index in [2.05, 4.69) is 4.98 Å². The number of carbonyl (C=O) groups excluding carboxylic acids is 1. The topological polar surface area (TPSA) is 60.3 Å². The first-order chi connectivity index (χ1) is 13.8. The normalized spacial score (nSPS) is 12.4. The summed E-state index contributed by atoms with van der Waals surface area (Å²) in [5, 5.41) is 5.47. The highest BCUT2D eigenvalue weighted by molar-refractivity contribution is 6.30. The molecule has 158 valence electrons. The second-order valence-electron chi connectivity index (χ2n) is 8.14. The summed E-state index contributed by atoms with van der Waals surface area (Å²) in [5.41, 5.74) is 4.28. The largest absolute Gasteiger partial charge is 0.416 e. The zero-order chi connectivity index (χ0) is 20.8. The summed E-state index contributed by atoms with van der Waals surface area (Å²) in [4.78, 5) is 18.6. The van der Waals surface area contributed by atoms with Gasteiger partial charge in [0.2, 0.25) is 5.88 Å². The van der Waals surface area contributed by atoms with Crippen LogP contribution in [0, 0.1) is 0 Å². The van der Waals surface area contributed by atoms with Crippen LogP contribution in [0.1, 0.15) is 32.0 Å². The van der Waals surface area contributed by atoms with Gasteiger partial charge in [-0.3, -0.25) is 4.98 Å². The predicted molar refractivity (Wildman–Crippen MR) is 120 cm³/mol. The van der Waals surface area contributed by atoms with Crippen molar-refractivity contribution in [1.29, 1.82) is 0 Å². The molecule has 1 aliphatic carbocycles. The monoisotopic (exact) mass is 446 g/mol. The number of fused-ring (bicyclic) bond motifs is 3. The van der Waals surface area contributed by atoms with Gasteiger partial charge in [0.15, 0.2) is 0 Å². The van der Waals surface area contributed by atoms with Crippen molar-refractivity contribution < 1.29 is 9.53 Å². The SMILES string of the molecule is CN(C(=O)Oc1c2c(nn1-c1ccncc1)CCc1cc(Cl)ccc1-2)C(C)(C)C.Cl. The minimum absolute atomic E-state index is 0. The minimum atomic E-state index is -0.434. The van der Waals surface area contributed by atoms with Gasteiger partial charge >= 0.3 is 6.09 Å². The molecule has 1 aliphatic rings. The number of amides is 1. The molecule has 2 heterocycles. The molecule has 8 heteroatoms. The average Bonchev–Trinajstić information content (AvgIpc) is 3.05. The third kappa shape index (κ3) is 4.02. The molecule has 2 aromatic heterocycles. The smallest absolute Gasteiger partial charge is 0.390 e. The van der Waals surface area contributed by atoms with Crippen LogP contribution in [0.4, 0.5) is 4.79 Å². The second kappa shape index (κ2) is 8.28. The van der Waals surface area contributed by atoms with Gasteiger partial charge in [0.25, 0.3) is 0 Å². The summed E-state index contributed by atoms with van der Waals surface area (Å²) in [7, 11) is 1.73. The van der Waals surface area contributed by atoms with E-state index in [0.717, 1.165) is 40.9 Å². The maximum atomic E-state index is 12.9. The van der Waals surface area contributed by atoms with Gasteiger partial charge in [0.1, 0.15) is 0 Å². The third-order valence-corrected chi connectivity index (χ3v) is 5.49. The zero-order valence-electron chi connectivity index (χ0n) is 17.3. The number of nitrogens with zero attached hydrogens (tertiary/aromatic N) is 4. The lowest BCUT2D eigenvalue weighted by atomic mass is 9.90. The first-order valence-electron chi connectivity index (χ1n) is 9.52. The zero-order valence-corrected chi connectivity index (χ0v) is 18.9. The Kier molecular flexibility index (Phi) is 6.11. The third-order valence-electron chi connectivity index (χ3n) is 5.25. The number of ether oxygens (including phenoxy) is 1. The molecule has 0 saturated heterocycles. The lowest BCUT2D eigenvalue weighted by Gasteiger charge is -2.31. The quantitative estimate of drug-likeness (QED) is 0.532. The van der Waals surface area contributed by atoms with Crippen molar-refractivity contribution in [3.05, 3.63) is 59.0 Å². The minimum Gasteiger partial charge on any atom is -0.390 e. The van der Waals surface area contributed by atoms with Gasteiger partial charge < -0.3 is 9.64 Å². The van der Waals surface area contributed by atoms with E-state index in [1.165, 1.54) is 0 Å². The van der Waals surface area contributed by atoms with E-state index >= 15 is 0 Å². The summed E-state index contributed by atoms with van der Waals surface area (Å²) >= 11 is 6.20. The summed E-state index contributed by atoms with van der Waals surface area (Å²) in [5.74, 6) is 0.413. The molecule has 0 N–H and O–H groups in total. The fourth-order valence-electron chi connectivity index (χ4n) is 3.34. The van der Waals surface area contributed by atoms with Crippen LogP contribution in [0.2, 0.25) is 5.02 Å². The van der Waals surface area contributed by atoms with E-state index in [4.69, 9.17) is 21.4 Å². The molecule has 0 radical (unpaired) electrons. The fourth-order valence-corrected chi connectivity index (χ4v) is 3.53. The fraction of sp³-hybridized carbons (Fsp3) is 0.318. The van der Waals surface area contributed by atoms with Crippen LogP contribution in [0.5, 0.6) is 5.88 Å². The molecule has 30 heavy (non-hydrogen) atoms. The molecule has 6 nitrogen and oxygen atoms in total. The number of carbonyl (C=O) groups is 1. The van der Waals surface area contributed by atoms with Crippen molar-refractivity contribution >= 4 is 30.1 Å². The molecule has 0 bridgehead atoms. The Hall–Kier alpha value is -2.57. The molecule has 0 spiro atoms. The van der Waals surface area contributed by atoms with Crippen LogP contribution < -0.4 is 4.74 Å². The molecule has 1 aromatic carbocycles. The molecule has 0 aliphatic heterocycles. The Labute approximate surface area is 187 Å². The Bertz CT molecular complexity index is 1070. The van der Waals surface area contributed by atoms with Crippen molar-refractivity contribution in [3.63, 3.8) is 0 Å².